The molecule has 0 unspecified atom stereocenters. The van der Waals surface area contributed by atoms with E-state index >= 15 is 0 Å². The van der Waals surface area contributed by atoms with Crippen molar-refractivity contribution in [2.75, 3.05) is 10.6 Å². The Kier molecular flexibility index (Phi) is 7.57. The fourth-order valence-electron chi connectivity index (χ4n) is 3.49. The molecule has 4 aromatic carbocycles. The summed E-state index contributed by atoms with van der Waals surface area (Å²) in [5, 5.41) is 12.2. The highest BCUT2D eigenvalue weighted by atomic mass is 32.1. The van der Waals surface area contributed by atoms with Gasteiger partial charge in [-0.3, -0.25) is 20.2 Å². The maximum atomic E-state index is 13.9. The molecule has 0 bridgehead atoms. The summed E-state index contributed by atoms with van der Waals surface area (Å²) >= 11 is 10.5. The molecule has 0 atom stereocenters. The first-order valence-corrected chi connectivity index (χ1v) is 11.4. The highest BCUT2D eigenvalue weighted by Crippen LogP contribution is 2.31. The molecule has 10 heteroatoms. The second-order valence-corrected chi connectivity index (χ2v) is 8.30. The van der Waals surface area contributed by atoms with E-state index < -0.39 is 23.4 Å². The first kappa shape index (κ1) is 24.8. The molecule has 0 aliphatic carbocycles. The number of fused-ring (bicyclic) bond motifs is 1. The van der Waals surface area contributed by atoms with Crippen LogP contribution in [0.25, 0.3) is 10.8 Å². The van der Waals surface area contributed by atoms with Gasteiger partial charge in [-0.2, -0.15) is 0 Å². The number of carbonyl (C=O) groups excluding carboxylic acids is 2. The molecule has 0 saturated carbocycles. The number of hydrogen-bond donors (Lipinski definition) is 4. The Bertz CT molecular complexity index is 1400. The van der Waals surface area contributed by atoms with E-state index in [-0.39, 0.29) is 21.4 Å². The van der Waals surface area contributed by atoms with Crippen molar-refractivity contribution in [3.05, 3.63) is 108 Å². The van der Waals surface area contributed by atoms with Gasteiger partial charge in [0.2, 0.25) is 0 Å². The van der Waals surface area contributed by atoms with Gasteiger partial charge in [0.15, 0.2) is 10.2 Å². The van der Waals surface area contributed by atoms with Crippen LogP contribution < -0.4 is 21.3 Å². The average Bonchev–Trinajstić information content (AvgIpc) is 2.84. The van der Waals surface area contributed by atoms with Crippen molar-refractivity contribution in [2.24, 2.45) is 0 Å². The van der Waals surface area contributed by atoms with Crippen LogP contribution in [-0.4, -0.2) is 22.0 Å². The summed E-state index contributed by atoms with van der Waals surface area (Å²) in [4.78, 5) is 24.8. The maximum absolute atomic E-state index is 13.9. The van der Waals surface area contributed by atoms with Crippen LogP contribution in [0.3, 0.4) is 0 Å². The number of benzene rings is 4. The Labute approximate surface area is 215 Å². The summed E-state index contributed by atoms with van der Waals surface area (Å²) in [6.07, 6.45) is 0. The van der Waals surface area contributed by atoms with E-state index in [9.17, 15) is 18.4 Å². The molecular formula is C26H18F2N4O2S2. The lowest BCUT2D eigenvalue weighted by Gasteiger charge is -2.16. The maximum Gasteiger partial charge on any atom is 0.260 e. The minimum atomic E-state index is -0.693. The number of hydrogen-bond acceptors (Lipinski definition) is 4. The Morgan fingerprint density at radius 2 is 1.00 bits per heavy atom. The van der Waals surface area contributed by atoms with Crippen LogP contribution in [0.4, 0.5) is 20.2 Å². The van der Waals surface area contributed by atoms with E-state index in [0.717, 1.165) is 5.39 Å². The molecule has 6 nitrogen and oxygen atoms in total. The number of nitrogens with one attached hydrogen (secondary N) is 4. The zero-order valence-electron chi connectivity index (χ0n) is 18.5. The molecule has 0 aromatic heterocycles. The van der Waals surface area contributed by atoms with Crippen LogP contribution in [0.5, 0.6) is 0 Å². The second-order valence-electron chi connectivity index (χ2n) is 7.49. The molecule has 0 fully saturated rings. The number of rotatable bonds is 4. The molecule has 0 aliphatic heterocycles. The van der Waals surface area contributed by atoms with E-state index in [0.29, 0.717) is 16.8 Å². The van der Waals surface area contributed by atoms with Crippen molar-refractivity contribution in [3.63, 3.8) is 0 Å². The highest BCUT2D eigenvalue weighted by molar-refractivity contribution is 7.80. The number of anilines is 2. The van der Waals surface area contributed by atoms with Crippen LogP contribution >= 0.6 is 24.4 Å². The predicted molar refractivity (Wildman–Crippen MR) is 144 cm³/mol. The van der Waals surface area contributed by atoms with Crippen molar-refractivity contribution in [1.82, 2.24) is 10.6 Å². The van der Waals surface area contributed by atoms with E-state index in [1.807, 2.05) is 12.1 Å². The third kappa shape index (κ3) is 5.68. The van der Waals surface area contributed by atoms with Gasteiger partial charge in [-0.15, -0.1) is 0 Å². The second kappa shape index (κ2) is 11.0. The smallest absolute Gasteiger partial charge is 0.260 e. The Hall–Kier alpha value is -4.28. The number of carbonyl (C=O) groups is 2. The SMILES string of the molecule is O=C(NC(=S)Nc1cccc2cccc(NC(=S)NC(=O)c3ccccc3F)c12)c1ccccc1F. The van der Waals surface area contributed by atoms with Gasteiger partial charge in [0.1, 0.15) is 11.6 Å². The van der Waals surface area contributed by atoms with E-state index in [4.69, 9.17) is 24.4 Å². The third-order valence-electron chi connectivity index (χ3n) is 5.09. The standard InChI is InChI=1S/C26H18F2N4O2S2/c27-18-11-3-1-9-16(18)23(33)31-25(35)29-20-13-5-7-15-8-6-14-21(22(15)20)30-26(36)32-24(34)17-10-2-4-12-19(17)28/h1-14H,(H2,29,31,33,35)(H2,30,32,34,36). The van der Waals surface area contributed by atoms with Gasteiger partial charge in [0.05, 0.1) is 22.5 Å². The lowest BCUT2D eigenvalue weighted by Crippen LogP contribution is -2.35. The Morgan fingerprint density at radius 1 is 0.583 bits per heavy atom. The topological polar surface area (TPSA) is 82.3 Å². The van der Waals surface area contributed by atoms with Crippen LogP contribution in [0, 0.1) is 11.6 Å². The van der Waals surface area contributed by atoms with Crippen molar-refractivity contribution >= 4 is 68.6 Å². The lowest BCUT2D eigenvalue weighted by atomic mass is 10.1. The van der Waals surface area contributed by atoms with Gasteiger partial charge in [-0.05, 0) is 66.2 Å². The van der Waals surface area contributed by atoms with Gasteiger partial charge in [0, 0.05) is 5.39 Å². The van der Waals surface area contributed by atoms with Crippen molar-refractivity contribution < 1.29 is 18.4 Å². The normalized spacial score (nSPS) is 10.4. The number of halogens is 2. The van der Waals surface area contributed by atoms with Gasteiger partial charge >= 0.3 is 0 Å². The molecule has 0 spiro atoms. The van der Waals surface area contributed by atoms with Gasteiger partial charge in [-0.25, -0.2) is 8.78 Å². The number of amides is 2. The zero-order valence-corrected chi connectivity index (χ0v) is 20.1. The van der Waals surface area contributed by atoms with Crippen LogP contribution in [-0.2, 0) is 0 Å². The first-order chi connectivity index (χ1) is 17.3. The van der Waals surface area contributed by atoms with Gasteiger partial charge in [0.25, 0.3) is 11.8 Å². The molecule has 0 aliphatic rings. The Balaban J connectivity index is 1.52. The van der Waals surface area contributed by atoms with E-state index in [1.165, 1.54) is 36.4 Å². The summed E-state index contributed by atoms with van der Waals surface area (Å²) in [5.74, 6) is -2.72. The highest BCUT2D eigenvalue weighted by Gasteiger charge is 2.16. The summed E-state index contributed by atoms with van der Waals surface area (Å²) in [7, 11) is 0. The largest absolute Gasteiger partial charge is 0.332 e. The average molecular weight is 521 g/mol. The molecule has 4 rings (SSSR count). The molecule has 4 aromatic rings. The van der Waals surface area contributed by atoms with Gasteiger partial charge < -0.3 is 10.6 Å². The van der Waals surface area contributed by atoms with Crippen LogP contribution in [0.15, 0.2) is 84.9 Å². The zero-order chi connectivity index (χ0) is 25.7. The molecule has 0 heterocycles. The fraction of sp³-hybridized carbons (Fsp3) is 0. The molecule has 0 saturated heterocycles. The predicted octanol–water partition coefficient (Wildman–Crippen LogP) is 5.37. The summed E-state index contributed by atoms with van der Waals surface area (Å²) in [6.45, 7) is 0. The van der Waals surface area contributed by atoms with Crippen molar-refractivity contribution in [3.8, 4) is 0 Å². The molecular weight excluding hydrogens is 502 g/mol. The fourth-order valence-corrected chi connectivity index (χ4v) is 3.89. The summed E-state index contributed by atoms with van der Waals surface area (Å²) in [5.41, 5.74) is 0.770. The van der Waals surface area contributed by atoms with Crippen LogP contribution in [0.2, 0.25) is 0 Å². The molecule has 0 radical (unpaired) electrons. The monoisotopic (exact) mass is 520 g/mol. The lowest BCUT2D eigenvalue weighted by molar-refractivity contribution is 0.0965. The summed E-state index contributed by atoms with van der Waals surface area (Å²) < 4.78 is 27.9. The minimum absolute atomic E-state index is 0.0408. The van der Waals surface area contributed by atoms with E-state index in [1.54, 1.807) is 36.4 Å². The first-order valence-electron chi connectivity index (χ1n) is 10.6. The van der Waals surface area contributed by atoms with Crippen LogP contribution in [0.1, 0.15) is 20.7 Å². The van der Waals surface area contributed by atoms with Crippen molar-refractivity contribution in [1.29, 1.82) is 0 Å². The van der Waals surface area contributed by atoms with E-state index in [2.05, 4.69) is 21.3 Å². The third-order valence-corrected chi connectivity index (χ3v) is 5.50. The molecule has 36 heavy (non-hydrogen) atoms. The number of thiocarbonyl (C=S) groups is 2. The molecule has 180 valence electrons. The Morgan fingerprint density at radius 3 is 1.42 bits per heavy atom. The molecule has 4 N–H and O–H groups in total. The quantitative estimate of drug-likeness (QED) is 0.271. The minimum Gasteiger partial charge on any atom is -0.332 e. The van der Waals surface area contributed by atoms with Gasteiger partial charge in [-0.1, -0.05) is 48.5 Å². The van der Waals surface area contributed by atoms with Crippen molar-refractivity contribution in [2.45, 2.75) is 0 Å². The molecule has 2 amide bonds. The summed E-state index contributed by atoms with van der Waals surface area (Å²) in [6, 6.07) is 21.9.